The fraction of sp³-hybridized carbons (Fsp3) is 0.520. The normalized spacial score (nSPS) is 21.6. The molecular formula is C25H32FNO3. The third-order valence-corrected chi connectivity index (χ3v) is 6.10. The molecule has 0 radical (unpaired) electrons. The zero-order chi connectivity index (χ0) is 21.1. The number of piperidine rings is 1. The lowest BCUT2D eigenvalue weighted by atomic mass is 9.80. The van der Waals surface area contributed by atoms with Crippen LogP contribution in [0.2, 0.25) is 0 Å². The van der Waals surface area contributed by atoms with Crippen LogP contribution in [0.15, 0.2) is 42.5 Å². The second-order valence-electron chi connectivity index (χ2n) is 9.64. The maximum atomic E-state index is 13.4. The second-order valence-corrected chi connectivity index (χ2v) is 9.64. The molecule has 4 rings (SSSR count). The molecule has 0 unspecified atom stereocenters. The zero-order valence-electron chi connectivity index (χ0n) is 18.2. The molecule has 2 atom stereocenters. The van der Waals surface area contributed by atoms with Crippen molar-refractivity contribution in [3.8, 4) is 17.2 Å². The number of fused-ring (bicyclic) bond motifs is 1. The molecule has 2 aliphatic heterocycles. The Morgan fingerprint density at radius 2 is 1.83 bits per heavy atom. The van der Waals surface area contributed by atoms with Crippen LogP contribution in [-0.2, 0) is 0 Å². The molecule has 1 fully saturated rings. The van der Waals surface area contributed by atoms with Crippen LogP contribution in [0.5, 0.6) is 17.2 Å². The van der Waals surface area contributed by atoms with Gasteiger partial charge in [-0.2, -0.15) is 0 Å². The van der Waals surface area contributed by atoms with E-state index >= 15 is 0 Å². The van der Waals surface area contributed by atoms with Crippen molar-refractivity contribution in [2.24, 2.45) is 11.3 Å². The lowest BCUT2D eigenvalue weighted by molar-refractivity contribution is 0.102. The van der Waals surface area contributed by atoms with Crippen LogP contribution < -0.4 is 14.2 Å². The third kappa shape index (κ3) is 5.25. The first-order valence-corrected chi connectivity index (χ1v) is 10.9. The highest BCUT2D eigenvalue weighted by atomic mass is 19.1. The van der Waals surface area contributed by atoms with Crippen molar-refractivity contribution in [3.63, 3.8) is 0 Å². The van der Waals surface area contributed by atoms with E-state index in [-0.39, 0.29) is 12.6 Å². The van der Waals surface area contributed by atoms with E-state index in [9.17, 15) is 4.39 Å². The molecule has 2 aromatic rings. The topological polar surface area (TPSA) is 30.9 Å². The van der Waals surface area contributed by atoms with Gasteiger partial charge in [0.2, 0.25) is 6.79 Å². The Labute approximate surface area is 178 Å². The molecule has 0 aliphatic carbocycles. The smallest absolute Gasteiger partial charge is 0.231 e. The molecule has 0 amide bonds. The van der Waals surface area contributed by atoms with E-state index in [4.69, 9.17) is 14.2 Å². The Bertz CT molecular complexity index is 846. The van der Waals surface area contributed by atoms with Gasteiger partial charge in [0, 0.05) is 18.5 Å². The summed E-state index contributed by atoms with van der Waals surface area (Å²) in [6.07, 6.45) is 2.23. The molecule has 1 saturated heterocycles. The van der Waals surface area contributed by atoms with E-state index in [1.54, 1.807) is 12.1 Å². The first-order valence-electron chi connectivity index (χ1n) is 10.9. The molecule has 0 spiro atoms. The first-order chi connectivity index (χ1) is 14.4. The summed E-state index contributed by atoms with van der Waals surface area (Å²) in [5.41, 5.74) is 1.53. The van der Waals surface area contributed by atoms with Crippen LogP contribution in [0.25, 0.3) is 0 Å². The number of hydrogen-bond donors (Lipinski definition) is 0. The zero-order valence-corrected chi connectivity index (χ0v) is 18.2. The molecule has 2 aromatic carbocycles. The Hall–Kier alpha value is -2.27. The van der Waals surface area contributed by atoms with Gasteiger partial charge in [-0.3, -0.25) is 0 Å². The molecular weight excluding hydrogens is 381 g/mol. The van der Waals surface area contributed by atoms with Crippen LogP contribution in [0.1, 0.15) is 45.1 Å². The van der Waals surface area contributed by atoms with Crippen molar-refractivity contribution < 1.29 is 18.6 Å². The largest absolute Gasteiger partial charge is 0.493 e. The molecule has 162 valence electrons. The van der Waals surface area contributed by atoms with Gasteiger partial charge in [0.05, 0.1) is 6.61 Å². The second kappa shape index (κ2) is 8.84. The number of nitrogens with zero attached hydrogens (tertiary/aromatic N) is 1. The molecule has 5 heteroatoms. The van der Waals surface area contributed by atoms with Gasteiger partial charge >= 0.3 is 0 Å². The number of benzene rings is 2. The predicted molar refractivity (Wildman–Crippen MR) is 116 cm³/mol. The van der Waals surface area contributed by atoms with Gasteiger partial charge in [-0.15, -0.1) is 0 Å². The van der Waals surface area contributed by atoms with Crippen molar-refractivity contribution in [1.29, 1.82) is 0 Å². The number of halogens is 1. The highest BCUT2D eigenvalue weighted by Gasteiger charge is 2.31. The summed E-state index contributed by atoms with van der Waals surface area (Å²) in [6.45, 7) is 10.9. The highest BCUT2D eigenvalue weighted by Crippen LogP contribution is 2.37. The third-order valence-electron chi connectivity index (χ3n) is 6.10. The predicted octanol–water partition coefficient (Wildman–Crippen LogP) is 5.48. The number of hydrogen-bond acceptors (Lipinski definition) is 4. The summed E-state index contributed by atoms with van der Waals surface area (Å²) >= 11 is 0. The van der Waals surface area contributed by atoms with Crippen LogP contribution in [0.3, 0.4) is 0 Å². The van der Waals surface area contributed by atoms with Gasteiger partial charge in [-0.1, -0.05) is 32.9 Å². The van der Waals surface area contributed by atoms with E-state index in [0.717, 1.165) is 43.3 Å². The van der Waals surface area contributed by atoms with E-state index in [2.05, 4.69) is 25.7 Å². The van der Waals surface area contributed by atoms with E-state index in [1.165, 1.54) is 12.0 Å². The Morgan fingerprint density at radius 1 is 1.07 bits per heavy atom. The van der Waals surface area contributed by atoms with Crippen molar-refractivity contribution >= 4 is 0 Å². The standard InChI is InChI=1S/C25H32FNO3/c1-25(2,3)11-13-27-12-10-22(18-4-6-20(26)7-5-18)19(15-27)16-28-21-8-9-23-24(14-21)30-17-29-23/h4-9,14,19,22H,10-13,15-17H2,1-3H3/t19-,22-/m0/s1. The molecule has 4 nitrogen and oxygen atoms in total. The molecule has 2 aliphatic rings. The van der Waals surface area contributed by atoms with Crippen LogP contribution in [-0.4, -0.2) is 37.9 Å². The van der Waals surface area contributed by atoms with E-state index in [0.29, 0.717) is 23.9 Å². The Kier molecular flexibility index (Phi) is 6.19. The molecule has 30 heavy (non-hydrogen) atoms. The minimum atomic E-state index is -0.186. The number of likely N-dealkylation sites (tertiary alicyclic amines) is 1. The van der Waals surface area contributed by atoms with Gasteiger partial charge in [-0.05, 0) is 67.1 Å². The first kappa shape index (κ1) is 21.0. The summed E-state index contributed by atoms with van der Waals surface area (Å²) in [5.74, 6) is 2.81. The number of ether oxygens (including phenoxy) is 3. The van der Waals surface area contributed by atoms with E-state index < -0.39 is 0 Å². The fourth-order valence-corrected chi connectivity index (χ4v) is 4.29. The Balaban J connectivity index is 1.45. The summed E-state index contributed by atoms with van der Waals surface area (Å²) < 4.78 is 30.5. The van der Waals surface area contributed by atoms with Crippen molar-refractivity contribution in [2.45, 2.75) is 39.5 Å². The quantitative estimate of drug-likeness (QED) is 0.628. The van der Waals surface area contributed by atoms with Gasteiger partial charge in [0.1, 0.15) is 11.6 Å². The maximum Gasteiger partial charge on any atom is 0.231 e. The average molecular weight is 414 g/mol. The Morgan fingerprint density at radius 3 is 2.60 bits per heavy atom. The minimum absolute atomic E-state index is 0.186. The van der Waals surface area contributed by atoms with Gasteiger partial charge in [0.25, 0.3) is 0 Å². The SMILES string of the molecule is CC(C)(C)CCN1CC[C@@H](c2ccc(F)cc2)[C@H](COc2ccc3c(c2)OCO3)C1. The van der Waals surface area contributed by atoms with Crippen LogP contribution >= 0.6 is 0 Å². The fourth-order valence-electron chi connectivity index (χ4n) is 4.29. The van der Waals surface area contributed by atoms with Crippen molar-refractivity contribution in [1.82, 2.24) is 4.90 Å². The summed E-state index contributed by atoms with van der Waals surface area (Å²) in [7, 11) is 0. The average Bonchev–Trinajstić information content (AvgIpc) is 3.19. The lowest BCUT2D eigenvalue weighted by Gasteiger charge is -2.39. The minimum Gasteiger partial charge on any atom is -0.493 e. The van der Waals surface area contributed by atoms with Crippen molar-refractivity contribution in [2.75, 3.05) is 33.0 Å². The summed E-state index contributed by atoms with van der Waals surface area (Å²) in [5, 5.41) is 0. The van der Waals surface area contributed by atoms with Gasteiger partial charge < -0.3 is 19.1 Å². The number of rotatable bonds is 6. The monoisotopic (exact) mass is 413 g/mol. The maximum absolute atomic E-state index is 13.4. The van der Waals surface area contributed by atoms with Gasteiger partial charge in [-0.25, -0.2) is 4.39 Å². The van der Waals surface area contributed by atoms with E-state index in [1.807, 2.05) is 30.3 Å². The summed E-state index contributed by atoms with van der Waals surface area (Å²) in [4.78, 5) is 2.55. The molecule has 0 saturated carbocycles. The highest BCUT2D eigenvalue weighted by molar-refractivity contribution is 5.46. The van der Waals surface area contributed by atoms with Crippen LogP contribution in [0.4, 0.5) is 4.39 Å². The van der Waals surface area contributed by atoms with Crippen molar-refractivity contribution in [3.05, 3.63) is 53.8 Å². The lowest BCUT2D eigenvalue weighted by Crippen LogP contribution is -2.43. The molecule has 0 aromatic heterocycles. The van der Waals surface area contributed by atoms with Crippen LogP contribution in [0, 0.1) is 17.2 Å². The molecule has 0 N–H and O–H groups in total. The molecule has 0 bridgehead atoms. The van der Waals surface area contributed by atoms with Gasteiger partial charge in [0.15, 0.2) is 11.5 Å². The summed E-state index contributed by atoms with van der Waals surface area (Å²) in [6, 6.07) is 12.7. The molecule has 2 heterocycles.